The van der Waals surface area contributed by atoms with Crippen LogP contribution in [0.3, 0.4) is 0 Å². The molecule has 214 valence electrons. The standard InChI is InChI=1S/C29H50N4O3SSi/c1-28(2,3)37(34)32-26(22-13-14-36-29(4,5)18-22)27-31-23-17-21(25(30)20-9-10-20)11-12-24(23)33(27)19-35-15-16-38(6,7)8/h11-12,17,20,22,25-26,32H,9-10,13-16,18-19,30H2,1-8H3. The van der Waals surface area contributed by atoms with Crippen molar-refractivity contribution in [2.45, 2.75) is 115 Å². The van der Waals surface area contributed by atoms with Crippen molar-refractivity contribution in [1.82, 2.24) is 14.3 Å². The van der Waals surface area contributed by atoms with E-state index in [1.54, 1.807) is 0 Å². The number of rotatable bonds is 11. The molecular formula is C29H50N4O3SSi. The summed E-state index contributed by atoms with van der Waals surface area (Å²) in [6.07, 6.45) is 4.16. The molecule has 4 atom stereocenters. The SMILES string of the molecule is CC1(C)CC(C(N[S+]([O-])C(C)(C)C)c2nc3cc(C(N)C4CC4)ccc3n2COCC[Si](C)(C)C)CCO1. The molecule has 1 aromatic carbocycles. The fraction of sp³-hybridized carbons (Fsp3) is 0.759. The fourth-order valence-corrected chi connectivity index (χ4v) is 6.86. The third kappa shape index (κ3) is 7.62. The molecule has 2 heterocycles. The average Bonchev–Trinajstić information content (AvgIpc) is 3.59. The molecule has 1 saturated heterocycles. The minimum absolute atomic E-state index is 0.0552. The van der Waals surface area contributed by atoms with Gasteiger partial charge in [-0.2, -0.15) is 0 Å². The van der Waals surface area contributed by atoms with E-state index in [0.717, 1.165) is 47.9 Å². The summed E-state index contributed by atoms with van der Waals surface area (Å²) in [6.45, 7) is 19.3. The second kappa shape index (κ2) is 11.5. The van der Waals surface area contributed by atoms with Gasteiger partial charge in [0.2, 0.25) is 0 Å². The molecular weight excluding hydrogens is 512 g/mol. The molecule has 9 heteroatoms. The number of ether oxygens (including phenoxy) is 2. The van der Waals surface area contributed by atoms with Gasteiger partial charge in [0.1, 0.15) is 23.3 Å². The Bertz CT molecular complexity index is 1090. The van der Waals surface area contributed by atoms with Crippen LogP contribution in [0.1, 0.15) is 83.8 Å². The molecule has 0 amide bonds. The van der Waals surface area contributed by atoms with Gasteiger partial charge in [0, 0.05) is 38.7 Å². The maximum absolute atomic E-state index is 13.5. The maximum atomic E-state index is 13.5. The maximum Gasteiger partial charge on any atom is 0.136 e. The van der Waals surface area contributed by atoms with Gasteiger partial charge in [-0.1, -0.05) is 25.7 Å². The lowest BCUT2D eigenvalue weighted by Crippen LogP contribution is -2.47. The second-order valence-corrected chi connectivity index (χ2v) is 21.8. The molecule has 3 N–H and O–H groups in total. The summed E-state index contributed by atoms with van der Waals surface area (Å²) in [4.78, 5) is 5.22. The molecule has 4 unspecified atom stereocenters. The van der Waals surface area contributed by atoms with E-state index in [2.05, 4.69) is 61.0 Å². The van der Waals surface area contributed by atoms with Crippen molar-refractivity contribution >= 4 is 30.5 Å². The van der Waals surface area contributed by atoms with Crippen LogP contribution in [0.4, 0.5) is 0 Å². The first-order valence-corrected chi connectivity index (χ1v) is 19.2. The number of hydrogen-bond acceptors (Lipinski definition) is 6. The highest BCUT2D eigenvalue weighted by Gasteiger charge is 2.41. The Kier molecular flexibility index (Phi) is 9.09. The van der Waals surface area contributed by atoms with Gasteiger partial charge in [0.15, 0.2) is 0 Å². The number of nitrogens with one attached hydrogen (secondary N) is 1. The van der Waals surface area contributed by atoms with Crippen LogP contribution in [-0.2, 0) is 27.6 Å². The number of benzene rings is 1. The van der Waals surface area contributed by atoms with Gasteiger partial charge >= 0.3 is 0 Å². The molecule has 0 spiro atoms. The van der Waals surface area contributed by atoms with E-state index in [1.807, 2.05) is 20.8 Å². The minimum atomic E-state index is -1.25. The summed E-state index contributed by atoms with van der Waals surface area (Å²) in [5, 5.41) is 0. The summed E-state index contributed by atoms with van der Waals surface area (Å²) in [5.41, 5.74) is 9.46. The number of imidazole rings is 1. The Balaban J connectivity index is 1.74. The summed E-state index contributed by atoms with van der Waals surface area (Å²) in [5.74, 6) is 1.70. The van der Waals surface area contributed by atoms with Crippen molar-refractivity contribution in [2.24, 2.45) is 17.6 Å². The Hall–Kier alpha value is -0.943. The smallest absolute Gasteiger partial charge is 0.136 e. The van der Waals surface area contributed by atoms with Crippen LogP contribution < -0.4 is 10.5 Å². The first-order chi connectivity index (χ1) is 17.6. The van der Waals surface area contributed by atoms with Gasteiger partial charge in [-0.05, 0) is 95.9 Å². The van der Waals surface area contributed by atoms with Gasteiger partial charge in [-0.3, -0.25) is 0 Å². The lowest BCUT2D eigenvalue weighted by molar-refractivity contribution is -0.0782. The topological polar surface area (TPSA) is 97.4 Å². The molecule has 7 nitrogen and oxygen atoms in total. The molecule has 0 bridgehead atoms. The van der Waals surface area contributed by atoms with E-state index in [-0.39, 0.29) is 23.6 Å². The summed E-state index contributed by atoms with van der Waals surface area (Å²) >= 11 is -1.25. The molecule has 1 aliphatic heterocycles. The van der Waals surface area contributed by atoms with Crippen LogP contribution in [0.5, 0.6) is 0 Å². The third-order valence-electron chi connectivity index (χ3n) is 7.81. The fourth-order valence-electron chi connectivity index (χ4n) is 5.22. The molecule has 4 rings (SSSR count). The van der Waals surface area contributed by atoms with Crippen LogP contribution in [0.15, 0.2) is 18.2 Å². The van der Waals surface area contributed by atoms with Crippen molar-refractivity contribution in [3.63, 3.8) is 0 Å². The van der Waals surface area contributed by atoms with E-state index < -0.39 is 24.2 Å². The van der Waals surface area contributed by atoms with Crippen LogP contribution >= 0.6 is 0 Å². The van der Waals surface area contributed by atoms with Crippen molar-refractivity contribution in [3.05, 3.63) is 29.6 Å². The predicted octanol–water partition coefficient (Wildman–Crippen LogP) is 6.06. The number of aromatic nitrogens is 2. The summed E-state index contributed by atoms with van der Waals surface area (Å²) < 4.78 is 31.1. The largest absolute Gasteiger partial charge is 0.598 e. The zero-order valence-electron chi connectivity index (χ0n) is 24.8. The highest BCUT2D eigenvalue weighted by Crippen LogP contribution is 2.41. The number of nitrogens with zero attached hydrogens (tertiary/aromatic N) is 2. The van der Waals surface area contributed by atoms with Gasteiger partial charge in [-0.15, -0.1) is 4.72 Å². The van der Waals surface area contributed by atoms with Crippen LogP contribution in [0, 0.1) is 11.8 Å². The number of hydrogen-bond donors (Lipinski definition) is 2. The lowest BCUT2D eigenvalue weighted by Gasteiger charge is -2.39. The van der Waals surface area contributed by atoms with Crippen molar-refractivity contribution in [2.75, 3.05) is 13.2 Å². The predicted molar refractivity (Wildman–Crippen MR) is 160 cm³/mol. The monoisotopic (exact) mass is 562 g/mol. The van der Waals surface area contributed by atoms with E-state index >= 15 is 0 Å². The van der Waals surface area contributed by atoms with E-state index in [9.17, 15) is 4.55 Å². The minimum Gasteiger partial charge on any atom is -0.598 e. The van der Waals surface area contributed by atoms with Gasteiger partial charge in [-0.25, -0.2) is 4.98 Å². The first kappa shape index (κ1) is 30.0. The molecule has 2 aromatic rings. The molecule has 2 aliphatic rings. The summed E-state index contributed by atoms with van der Waals surface area (Å²) in [6, 6.07) is 7.44. The molecule has 1 aromatic heterocycles. The normalized spacial score (nSPS) is 22.9. The van der Waals surface area contributed by atoms with Gasteiger partial charge in [0.05, 0.1) is 16.6 Å². The van der Waals surface area contributed by atoms with Crippen LogP contribution in [0.25, 0.3) is 11.0 Å². The van der Waals surface area contributed by atoms with Crippen LogP contribution in [0.2, 0.25) is 25.7 Å². The Labute approximate surface area is 233 Å². The highest BCUT2D eigenvalue weighted by molar-refractivity contribution is 7.90. The Morgan fingerprint density at radius 2 is 1.95 bits per heavy atom. The zero-order chi connectivity index (χ0) is 27.9. The summed E-state index contributed by atoms with van der Waals surface area (Å²) in [7, 11) is -1.21. The molecule has 2 fully saturated rings. The average molecular weight is 563 g/mol. The second-order valence-electron chi connectivity index (χ2n) is 14.2. The lowest BCUT2D eigenvalue weighted by atomic mass is 9.83. The quantitative estimate of drug-likeness (QED) is 0.196. The Morgan fingerprint density at radius 3 is 2.55 bits per heavy atom. The third-order valence-corrected chi connectivity index (χ3v) is 11.1. The van der Waals surface area contributed by atoms with Gasteiger partial charge < -0.3 is 24.3 Å². The Morgan fingerprint density at radius 1 is 1.24 bits per heavy atom. The molecule has 38 heavy (non-hydrogen) atoms. The molecule has 0 radical (unpaired) electrons. The van der Waals surface area contributed by atoms with Crippen molar-refractivity contribution in [1.29, 1.82) is 0 Å². The first-order valence-electron chi connectivity index (χ1n) is 14.3. The molecule has 1 saturated carbocycles. The number of fused-ring (bicyclic) bond motifs is 1. The van der Waals surface area contributed by atoms with Crippen molar-refractivity contribution in [3.8, 4) is 0 Å². The van der Waals surface area contributed by atoms with Crippen molar-refractivity contribution < 1.29 is 14.0 Å². The van der Waals surface area contributed by atoms with Crippen LogP contribution in [-0.4, -0.2) is 45.7 Å². The molecule has 1 aliphatic carbocycles. The van der Waals surface area contributed by atoms with E-state index in [0.29, 0.717) is 19.3 Å². The van der Waals surface area contributed by atoms with E-state index in [4.69, 9.17) is 20.2 Å². The zero-order valence-corrected chi connectivity index (χ0v) is 26.6. The van der Waals surface area contributed by atoms with E-state index in [1.165, 1.54) is 12.8 Å². The number of nitrogens with two attached hydrogens (primary N) is 1. The highest BCUT2D eigenvalue weighted by atomic mass is 32.2. The van der Waals surface area contributed by atoms with Gasteiger partial charge in [0.25, 0.3) is 0 Å².